The molecule has 0 aromatic rings. The van der Waals surface area contributed by atoms with Crippen LogP contribution in [0.3, 0.4) is 0 Å². The van der Waals surface area contributed by atoms with Crippen LogP contribution in [0.5, 0.6) is 0 Å². The van der Waals surface area contributed by atoms with Gasteiger partial charge in [0.25, 0.3) is 0 Å². The molecule has 0 heterocycles. The molecule has 1 atom stereocenters. The van der Waals surface area contributed by atoms with Gasteiger partial charge in [0.1, 0.15) is 5.78 Å². The van der Waals surface area contributed by atoms with Crippen molar-refractivity contribution in [2.45, 2.75) is 111 Å². The normalized spacial score (nSPS) is 12.1. The standard InChI is InChI=1S/C21H40O3/c1-4-19(3)15-11-10-13-17-20(22)16-12-8-6-7-9-14-18-21(23)24-5-2/h19H,4-18H2,1-3H3. The topological polar surface area (TPSA) is 43.4 Å². The van der Waals surface area contributed by atoms with Crippen LogP contribution in [0.1, 0.15) is 111 Å². The molecule has 0 aliphatic heterocycles. The monoisotopic (exact) mass is 340 g/mol. The fourth-order valence-corrected chi connectivity index (χ4v) is 2.85. The molecule has 0 bridgehead atoms. The Balaban J connectivity index is 3.27. The second-order valence-corrected chi connectivity index (χ2v) is 7.08. The second-order valence-electron chi connectivity index (χ2n) is 7.08. The van der Waals surface area contributed by atoms with Gasteiger partial charge in [-0.15, -0.1) is 0 Å². The van der Waals surface area contributed by atoms with Crippen LogP contribution in [0.4, 0.5) is 0 Å². The van der Waals surface area contributed by atoms with Crippen molar-refractivity contribution in [3.63, 3.8) is 0 Å². The van der Waals surface area contributed by atoms with Crippen LogP contribution >= 0.6 is 0 Å². The van der Waals surface area contributed by atoms with Gasteiger partial charge in [-0.05, 0) is 32.1 Å². The third-order valence-corrected chi connectivity index (χ3v) is 4.74. The zero-order chi connectivity index (χ0) is 18.0. The van der Waals surface area contributed by atoms with Gasteiger partial charge in [0.15, 0.2) is 0 Å². The Labute approximate surface area is 149 Å². The van der Waals surface area contributed by atoms with Crippen molar-refractivity contribution in [3.05, 3.63) is 0 Å². The van der Waals surface area contributed by atoms with Gasteiger partial charge in [0.05, 0.1) is 6.61 Å². The molecule has 0 aliphatic carbocycles. The van der Waals surface area contributed by atoms with Crippen LogP contribution in [-0.4, -0.2) is 18.4 Å². The number of hydrogen-bond donors (Lipinski definition) is 0. The Morgan fingerprint density at radius 1 is 0.750 bits per heavy atom. The molecule has 3 heteroatoms. The Kier molecular flexibility index (Phi) is 16.4. The third kappa shape index (κ3) is 16.0. The summed E-state index contributed by atoms with van der Waals surface area (Å²) in [6.07, 6.45) is 14.7. The molecule has 0 aliphatic rings. The van der Waals surface area contributed by atoms with Crippen molar-refractivity contribution in [1.29, 1.82) is 0 Å². The Morgan fingerprint density at radius 2 is 1.25 bits per heavy atom. The van der Waals surface area contributed by atoms with Crippen LogP contribution in [0.15, 0.2) is 0 Å². The van der Waals surface area contributed by atoms with E-state index in [0.717, 1.165) is 57.3 Å². The minimum absolute atomic E-state index is 0.0766. The Bertz CT molecular complexity index is 312. The first-order valence-electron chi connectivity index (χ1n) is 10.3. The molecule has 0 fully saturated rings. The highest BCUT2D eigenvalue weighted by Crippen LogP contribution is 2.14. The summed E-state index contributed by atoms with van der Waals surface area (Å²) in [6, 6.07) is 0. The van der Waals surface area contributed by atoms with Gasteiger partial charge in [0, 0.05) is 19.3 Å². The van der Waals surface area contributed by atoms with Crippen molar-refractivity contribution in [3.8, 4) is 0 Å². The molecule has 0 saturated carbocycles. The third-order valence-electron chi connectivity index (χ3n) is 4.74. The van der Waals surface area contributed by atoms with Crippen molar-refractivity contribution in [2.75, 3.05) is 6.61 Å². The fourth-order valence-electron chi connectivity index (χ4n) is 2.85. The number of ether oxygens (including phenoxy) is 1. The van der Waals surface area contributed by atoms with Crippen molar-refractivity contribution >= 4 is 11.8 Å². The lowest BCUT2D eigenvalue weighted by Gasteiger charge is -2.07. The zero-order valence-electron chi connectivity index (χ0n) is 16.4. The van der Waals surface area contributed by atoms with E-state index in [-0.39, 0.29) is 5.97 Å². The predicted octanol–water partition coefficient (Wildman–Crippen LogP) is 6.24. The maximum Gasteiger partial charge on any atom is 0.305 e. The molecule has 0 amide bonds. The van der Waals surface area contributed by atoms with Gasteiger partial charge < -0.3 is 4.74 Å². The van der Waals surface area contributed by atoms with E-state index in [9.17, 15) is 9.59 Å². The first kappa shape index (κ1) is 23.1. The number of Topliss-reactive ketones (excluding diaryl/α,β-unsaturated/α-hetero) is 1. The molecular formula is C21H40O3. The summed E-state index contributed by atoms with van der Waals surface area (Å²) in [7, 11) is 0. The fraction of sp³-hybridized carbons (Fsp3) is 0.905. The number of rotatable bonds is 17. The molecule has 0 radical (unpaired) electrons. The van der Waals surface area contributed by atoms with E-state index in [1.807, 2.05) is 6.92 Å². The van der Waals surface area contributed by atoms with Crippen LogP contribution in [0.2, 0.25) is 0 Å². The van der Waals surface area contributed by atoms with Gasteiger partial charge in [-0.25, -0.2) is 0 Å². The number of unbranched alkanes of at least 4 members (excludes halogenated alkanes) is 7. The zero-order valence-corrected chi connectivity index (χ0v) is 16.4. The van der Waals surface area contributed by atoms with Gasteiger partial charge in [0.2, 0.25) is 0 Å². The maximum absolute atomic E-state index is 11.8. The molecule has 3 nitrogen and oxygen atoms in total. The van der Waals surface area contributed by atoms with Crippen molar-refractivity contribution in [1.82, 2.24) is 0 Å². The summed E-state index contributed by atoms with van der Waals surface area (Å²) in [5.74, 6) is 1.20. The van der Waals surface area contributed by atoms with E-state index >= 15 is 0 Å². The molecular weight excluding hydrogens is 300 g/mol. The first-order valence-corrected chi connectivity index (χ1v) is 10.3. The highest BCUT2D eigenvalue weighted by atomic mass is 16.5. The quantitative estimate of drug-likeness (QED) is 0.233. The van der Waals surface area contributed by atoms with E-state index in [1.165, 1.54) is 32.1 Å². The number of hydrogen-bond acceptors (Lipinski definition) is 3. The molecule has 0 N–H and O–H groups in total. The average Bonchev–Trinajstić information content (AvgIpc) is 2.56. The summed E-state index contributed by atoms with van der Waals surface area (Å²) in [5, 5.41) is 0. The number of esters is 1. The second kappa shape index (κ2) is 17.0. The van der Waals surface area contributed by atoms with Gasteiger partial charge >= 0.3 is 5.97 Å². The molecule has 0 aromatic carbocycles. The molecule has 0 saturated heterocycles. The lowest BCUT2D eigenvalue weighted by atomic mass is 9.99. The maximum atomic E-state index is 11.8. The Morgan fingerprint density at radius 3 is 1.79 bits per heavy atom. The number of ketones is 1. The van der Waals surface area contributed by atoms with Crippen molar-refractivity contribution in [2.24, 2.45) is 5.92 Å². The van der Waals surface area contributed by atoms with Gasteiger partial charge in [-0.1, -0.05) is 65.2 Å². The summed E-state index contributed by atoms with van der Waals surface area (Å²) < 4.78 is 4.90. The minimum atomic E-state index is -0.0766. The van der Waals surface area contributed by atoms with E-state index in [2.05, 4.69) is 13.8 Å². The molecule has 0 rings (SSSR count). The Hall–Kier alpha value is -0.860. The molecule has 1 unspecified atom stereocenters. The summed E-state index contributed by atoms with van der Waals surface area (Å²) in [4.78, 5) is 23.0. The molecule has 0 aromatic heterocycles. The van der Waals surface area contributed by atoms with E-state index in [4.69, 9.17) is 4.74 Å². The highest BCUT2D eigenvalue weighted by molar-refractivity contribution is 5.78. The predicted molar refractivity (Wildman–Crippen MR) is 101 cm³/mol. The lowest BCUT2D eigenvalue weighted by molar-refractivity contribution is -0.143. The van der Waals surface area contributed by atoms with E-state index in [0.29, 0.717) is 18.8 Å². The van der Waals surface area contributed by atoms with Crippen LogP contribution in [0, 0.1) is 5.92 Å². The highest BCUT2D eigenvalue weighted by Gasteiger charge is 2.04. The molecule has 0 spiro atoms. The van der Waals surface area contributed by atoms with E-state index < -0.39 is 0 Å². The van der Waals surface area contributed by atoms with Gasteiger partial charge in [-0.3, -0.25) is 9.59 Å². The molecule has 142 valence electrons. The number of carbonyl (C=O) groups is 2. The average molecular weight is 341 g/mol. The summed E-state index contributed by atoms with van der Waals surface area (Å²) in [5.41, 5.74) is 0. The summed E-state index contributed by atoms with van der Waals surface area (Å²) >= 11 is 0. The first-order chi connectivity index (χ1) is 11.6. The SMILES string of the molecule is CCOC(=O)CCCCCCCCC(=O)CCCCCC(C)CC. The lowest BCUT2D eigenvalue weighted by Crippen LogP contribution is -2.03. The minimum Gasteiger partial charge on any atom is -0.466 e. The summed E-state index contributed by atoms with van der Waals surface area (Å²) in [6.45, 7) is 6.87. The number of carbonyl (C=O) groups excluding carboxylic acids is 2. The van der Waals surface area contributed by atoms with Crippen LogP contribution in [0.25, 0.3) is 0 Å². The van der Waals surface area contributed by atoms with Crippen LogP contribution < -0.4 is 0 Å². The van der Waals surface area contributed by atoms with E-state index in [1.54, 1.807) is 0 Å². The van der Waals surface area contributed by atoms with Crippen molar-refractivity contribution < 1.29 is 14.3 Å². The molecule has 24 heavy (non-hydrogen) atoms. The van der Waals surface area contributed by atoms with Crippen LogP contribution in [-0.2, 0) is 14.3 Å². The van der Waals surface area contributed by atoms with Gasteiger partial charge in [-0.2, -0.15) is 0 Å². The largest absolute Gasteiger partial charge is 0.466 e. The smallest absolute Gasteiger partial charge is 0.305 e.